The van der Waals surface area contributed by atoms with Crippen molar-refractivity contribution in [2.45, 2.75) is 42.7 Å². The Labute approximate surface area is 139 Å². The van der Waals surface area contributed by atoms with E-state index in [-0.39, 0.29) is 17.0 Å². The van der Waals surface area contributed by atoms with E-state index in [1.54, 1.807) is 6.07 Å². The minimum absolute atomic E-state index is 0.114. The van der Waals surface area contributed by atoms with Crippen LogP contribution in [0.15, 0.2) is 21.5 Å². The van der Waals surface area contributed by atoms with Crippen LogP contribution in [0.25, 0.3) is 0 Å². The van der Waals surface area contributed by atoms with Crippen LogP contribution in [-0.2, 0) is 10.0 Å². The summed E-state index contributed by atoms with van der Waals surface area (Å²) in [6.07, 6.45) is 3.61. The zero-order valence-electron chi connectivity index (χ0n) is 12.6. The first-order valence-corrected chi connectivity index (χ1v) is 9.36. The summed E-state index contributed by atoms with van der Waals surface area (Å²) in [5.74, 6) is 0.821. The Kier molecular flexibility index (Phi) is 5.70. The molecule has 1 aliphatic rings. The Balaban J connectivity index is 2.32. The lowest BCUT2D eigenvalue weighted by molar-refractivity contribution is 0.352. The molecule has 0 saturated heterocycles. The molecule has 0 aromatic heterocycles. The fourth-order valence-electron chi connectivity index (χ4n) is 2.61. The molecule has 1 fully saturated rings. The highest BCUT2D eigenvalue weighted by Crippen LogP contribution is 2.35. The van der Waals surface area contributed by atoms with E-state index in [1.165, 1.54) is 20.3 Å². The van der Waals surface area contributed by atoms with Crippen molar-refractivity contribution < 1.29 is 17.9 Å². The van der Waals surface area contributed by atoms with E-state index < -0.39 is 10.0 Å². The third kappa shape index (κ3) is 3.73. The van der Waals surface area contributed by atoms with E-state index in [9.17, 15) is 8.42 Å². The van der Waals surface area contributed by atoms with Crippen molar-refractivity contribution in [3.05, 3.63) is 16.6 Å². The van der Waals surface area contributed by atoms with Crippen LogP contribution >= 0.6 is 15.9 Å². The van der Waals surface area contributed by atoms with Crippen LogP contribution in [0.4, 0.5) is 0 Å². The van der Waals surface area contributed by atoms with E-state index in [0.717, 1.165) is 25.7 Å². The van der Waals surface area contributed by atoms with Gasteiger partial charge in [-0.05, 0) is 34.8 Å². The zero-order chi connectivity index (χ0) is 16.3. The Morgan fingerprint density at radius 2 is 1.77 bits per heavy atom. The van der Waals surface area contributed by atoms with Crippen molar-refractivity contribution in [3.63, 3.8) is 0 Å². The average molecular weight is 393 g/mol. The van der Waals surface area contributed by atoms with E-state index in [0.29, 0.717) is 16.0 Å². The maximum Gasteiger partial charge on any atom is 0.242 e. The Morgan fingerprint density at radius 1 is 1.18 bits per heavy atom. The first-order chi connectivity index (χ1) is 10.4. The molecule has 0 aliphatic heterocycles. The van der Waals surface area contributed by atoms with E-state index in [4.69, 9.17) is 15.2 Å². The molecule has 2 rings (SSSR count). The molecule has 0 spiro atoms. The smallest absolute Gasteiger partial charge is 0.242 e. The summed E-state index contributed by atoms with van der Waals surface area (Å²) in [5, 5.41) is 0. The van der Waals surface area contributed by atoms with Gasteiger partial charge in [-0.1, -0.05) is 12.8 Å². The molecule has 0 radical (unpaired) electrons. The number of hydrogen-bond donors (Lipinski definition) is 2. The number of nitrogens with one attached hydrogen (secondary N) is 1. The first-order valence-electron chi connectivity index (χ1n) is 7.08. The van der Waals surface area contributed by atoms with Gasteiger partial charge in [0, 0.05) is 22.6 Å². The maximum atomic E-state index is 12.6. The number of rotatable bonds is 5. The topological polar surface area (TPSA) is 90.7 Å². The predicted molar refractivity (Wildman–Crippen MR) is 87.8 cm³/mol. The van der Waals surface area contributed by atoms with Crippen LogP contribution in [0.1, 0.15) is 25.7 Å². The summed E-state index contributed by atoms with van der Waals surface area (Å²) in [7, 11) is -0.731. The summed E-state index contributed by atoms with van der Waals surface area (Å²) in [4.78, 5) is 0.114. The third-order valence-electron chi connectivity index (χ3n) is 3.85. The van der Waals surface area contributed by atoms with Gasteiger partial charge in [0.25, 0.3) is 0 Å². The number of hydrogen-bond acceptors (Lipinski definition) is 5. The van der Waals surface area contributed by atoms with Crippen LogP contribution in [0.3, 0.4) is 0 Å². The molecule has 22 heavy (non-hydrogen) atoms. The normalized spacial score (nSPS) is 22.4. The van der Waals surface area contributed by atoms with Crippen molar-refractivity contribution in [2.75, 3.05) is 14.2 Å². The highest BCUT2D eigenvalue weighted by molar-refractivity contribution is 9.10. The van der Waals surface area contributed by atoms with Crippen molar-refractivity contribution >= 4 is 26.0 Å². The van der Waals surface area contributed by atoms with E-state index >= 15 is 0 Å². The molecule has 8 heteroatoms. The summed E-state index contributed by atoms with van der Waals surface area (Å²) in [6.45, 7) is 0. The van der Waals surface area contributed by atoms with Gasteiger partial charge in [-0.3, -0.25) is 0 Å². The van der Waals surface area contributed by atoms with Crippen LogP contribution < -0.4 is 19.9 Å². The van der Waals surface area contributed by atoms with Crippen molar-refractivity contribution in [1.29, 1.82) is 0 Å². The molecule has 2 atom stereocenters. The molecular formula is C14H21BrN2O4S. The fraction of sp³-hybridized carbons (Fsp3) is 0.571. The van der Waals surface area contributed by atoms with Gasteiger partial charge in [-0.2, -0.15) is 0 Å². The minimum Gasteiger partial charge on any atom is -0.493 e. The van der Waals surface area contributed by atoms with Crippen LogP contribution in [0, 0.1) is 0 Å². The molecule has 3 N–H and O–H groups in total. The molecule has 0 bridgehead atoms. The molecule has 1 saturated carbocycles. The van der Waals surface area contributed by atoms with Gasteiger partial charge in [0.1, 0.15) is 4.90 Å². The summed E-state index contributed by atoms with van der Waals surface area (Å²) in [6, 6.07) is 2.63. The number of benzene rings is 1. The second-order valence-electron chi connectivity index (χ2n) is 5.31. The van der Waals surface area contributed by atoms with Gasteiger partial charge in [0.15, 0.2) is 11.5 Å². The van der Waals surface area contributed by atoms with Crippen molar-refractivity contribution in [2.24, 2.45) is 5.73 Å². The van der Waals surface area contributed by atoms with Gasteiger partial charge in [0.05, 0.1) is 14.2 Å². The number of methoxy groups -OCH3 is 2. The first kappa shape index (κ1) is 17.5. The molecule has 0 amide bonds. The lowest BCUT2D eigenvalue weighted by Gasteiger charge is -2.29. The number of ether oxygens (including phenoxy) is 2. The Hall–Kier alpha value is -0.830. The van der Waals surface area contributed by atoms with Crippen LogP contribution in [0.5, 0.6) is 11.5 Å². The number of halogens is 1. The number of nitrogens with two attached hydrogens (primary N) is 1. The highest BCUT2D eigenvalue weighted by atomic mass is 79.9. The van der Waals surface area contributed by atoms with Gasteiger partial charge in [0.2, 0.25) is 10.0 Å². The van der Waals surface area contributed by atoms with E-state index in [2.05, 4.69) is 20.7 Å². The third-order valence-corrected chi connectivity index (χ3v) is 6.30. The fourth-order valence-corrected chi connectivity index (χ4v) is 4.97. The lowest BCUT2D eigenvalue weighted by atomic mass is 9.92. The van der Waals surface area contributed by atoms with Crippen molar-refractivity contribution in [1.82, 2.24) is 4.72 Å². The molecule has 1 aromatic rings. The van der Waals surface area contributed by atoms with Crippen LogP contribution in [-0.4, -0.2) is 34.7 Å². The van der Waals surface area contributed by atoms with Gasteiger partial charge >= 0.3 is 0 Å². The van der Waals surface area contributed by atoms with Crippen molar-refractivity contribution in [3.8, 4) is 11.5 Å². The zero-order valence-corrected chi connectivity index (χ0v) is 15.0. The standard InChI is InChI=1S/C14H21BrN2O4S/c1-20-12-7-9(15)14(8-13(12)21-2)22(18,19)17-11-6-4-3-5-10(11)16/h7-8,10-11,17H,3-6,16H2,1-2H3/t10-,11-/m1/s1. The molecule has 0 unspecified atom stereocenters. The summed E-state index contributed by atoms with van der Waals surface area (Å²) in [5.41, 5.74) is 6.02. The summed E-state index contributed by atoms with van der Waals surface area (Å²) < 4.78 is 38.8. The molecule has 6 nitrogen and oxygen atoms in total. The van der Waals surface area contributed by atoms with Gasteiger partial charge in [-0.15, -0.1) is 0 Å². The molecule has 0 heterocycles. The van der Waals surface area contributed by atoms with Crippen LogP contribution in [0.2, 0.25) is 0 Å². The minimum atomic E-state index is -3.69. The highest BCUT2D eigenvalue weighted by Gasteiger charge is 2.29. The molecule has 1 aromatic carbocycles. The largest absolute Gasteiger partial charge is 0.493 e. The van der Waals surface area contributed by atoms with E-state index in [1.807, 2.05) is 0 Å². The monoisotopic (exact) mass is 392 g/mol. The second-order valence-corrected chi connectivity index (χ2v) is 7.85. The maximum absolute atomic E-state index is 12.6. The molecular weight excluding hydrogens is 372 g/mol. The summed E-state index contributed by atoms with van der Waals surface area (Å²) >= 11 is 3.28. The Bertz CT molecular complexity index is 636. The molecule has 1 aliphatic carbocycles. The average Bonchev–Trinajstić information content (AvgIpc) is 2.48. The SMILES string of the molecule is COc1cc(Br)c(S(=O)(=O)N[C@@H]2CCCC[C@H]2N)cc1OC. The number of sulfonamides is 1. The van der Waals surface area contributed by atoms with Gasteiger partial charge in [-0.25, -0.2) is 13.1 Å². The Morgan fingerprint density at radius 3 is 2.36 bits per heavy atom. The predicted octanol–water partition coefficient (Wildman–Crippen LogP) is 2.01. The second kappa shape index (κ2) is 7.16. The lowest BCUT2D eigenvalue weighted by Crippen LogP contribution is -2.49. The quantitative estimate of drug-likeness (QED) is 0.799. The molecule has 124 valence electrons. The van der Waals surface area contributed by atoms with Gasteiger partial charge < -0.3 is 15.2 Å².